The van der Waals surface area contributed by atoms with Crippen molar-refractivity contribution in [3.05, 3.63) is 51.1 Å². The standard InChI is InChI=1S/C24H25ClFN5O3/c1-14-10-18(16(25)11-17(14)26)31-9-3-6-24(23(31)34)7-4-15(5-8-24)12-28-22(33)20-19(21(32)27-2)29-13-30-20/h10-11,13,15H,3-9H2,1-2H3,(H-,27,29,30,32,33)/p+1. The molecule has 4 rings (SSSR count). The van der Waals surface area contributed by atoms with E-state index in [0.717, 1.165) is 12.8 Å². The van der Waals surface area contributed by atoms with Crippen LogP contribution in [0.5, 0.6) is 0 Å². The van der Waals surface area contributed by atoms with Crippen molar-refractivity contribution in [2.24, 2.45) is 11.3 Å². The second kappa shape index (κ2) is 9.55. The highest BCUT2D eigenvalue weighted by atomic mass is 35.5. The maximum absolute atomic E-state index is 13.9. The average molecular weight is 487 g/mol. The summed E-state index contributed by atoms with van der Waals surface area (Å²) in [5, 5.41) is 2.67. The molecular weight excluding hydrogens is 461 g/mol. The zero-order valence-electron chi connectivity index (χ0n) is 19.1. The van der Waals surface area contributed by atoms with Gasteiger partial charge in [0.2, 0.25) is 11.6 Å². The van der Waals surface area contributed by atoms with Crippen LogP contribution in [0.25, 0.3) is 4.85 Å². The van der Waals surface area contributed by atoms with Crippen LogP contribution in [0, 0.1) is 30.1 Å². The number of H-pyrrole nitrogens is 1. The number of hydrogen-bond donors (Lipinski definition) is 2. The van der Waals surface area contributed by atoms with Gasteiger partial charge in [0, 0.05) is 23.9 Å². The number of piperidine rings is 1. The van der Waals surface area contributed by atoms with Crippen LogP contribution in [0.4, 0.5) is 10.1 Å². The molecule has 1 aromatic heterocycles. The minimum absolute atomic E-state index is 0.0184. The highest BCUT2D eigenvalue weighted by Gasteiger charge is 2.47. The molecule has 2 fully saturated rings. The lowest BCUT2D eigenvalue weighted by Crippen LogP contribution is -2.50. The van der Waals surface area contributed by atoms with Gasteiger partial charge < -0.3 is 15.2 Å². The van der Waals surface area contributed by atoms with Crippen molar-refractivity contribution in [3.8, 4) is 6.07 Å². The number of nitrogens with zero attached hydrogens (tertiary/aromatic N) is 3. The van der Waals surface area contributed by atoms with Gasteiger partial charge in [-0.15, -0.1) is 0 Å². The van der Waals surface area contributed by atoms with Gasteiger partial charge in [-0.2, -0.15) is 4.79 Å². The van der Waals surface area contributed by atoms with Gasteiger partial charge in [0.05, 0.1) is 23.0 Å². The van der Waals surface area contributed by atoms with E-state index >= 15 is 0 Å². The summed E-state index contributed by atoms with van der Waals surface area (Å²) in [5.74, 6) is -1.54. The van der Waals surface area contributed by atoms with Crippen molar-refractivity contribution in [2.45, 2.75) is 45.4 Å². The molecule has 1 aliphatic carbocycles. The average Bonchev–Trinajstić information content (AvgIpc) is 3.32. The molecule has 1 spiro atoms. The van der Waals surface area contributed by atoms with Crippen molar-refractivity contribution in [1.29, 1.82) is 0 Å². The maximum atomic E-state index is 13.9. The van der Waals surface area contributed by atoms with Gasteiger partial charge in [0.25, 0.3) is 12.0 Å². The minimum Gasteiger partial charge on any atom is -0.354 e. The van der Waals surface area contributed by atoms with Crippen LogP contribution < -0.4 is 10.2 Å². The van der Waals surface area contributed by atoms with E-state index < -0.39 is 23.0 Å². The summed E-state index contributed by atoms with van der Waals surface area (Å²) in [6.07, 6.45) is 5.51. The fourth-order valence-corrected chi connectivity index (χ4v) is 5.12. The molecule has 3 amide bonds. The van der Waals surface area contributed by atoms with Crippen molar-refractivity contribution in [2.75, 3.05) is 18.5 Å². The number of carbonyl (C=O) groups excluding carboxylic acids is 3. The van der Waals surface area contributed by atoms with Crippen LogP contribution in [-0.4, -0.2) is 41.3 Å². The molecule has 0 bridgehead atoms. The number of aromatic amines is 1. The molecule has 1 aromatic carbocycles. The van der Waals surface area contributed by atoms with E-state index in [1.54, 1.807) is 17.9 Å². The lowest BCUT2D eigenvalue weighted by molar-refractivity contribution is -0.132. The Kier molecular flexibility index (Phi) is 6.71. The Bertz CT molecular complexity index is 1210. The van der Waals surface area contributed by atoms with Crippen LogP contribution in [0.3, 0.4) is 0 Å². The van der Waals surface area contributed by atoms with Gasteiger partial charge >= 0.3 is 5.91 Å². The number of aryl methyl sites for hydroxylation is 1. The van der Waals surface area contributed by atoms with E-state index in [-0.39, 0.29) is 28.2 Å². The maximum Gasteiger partial charge on any atom is 0.568 e. The van der Waals surface area contributed by atoms with Gasteiger partial charge in [0.1, 0.15) is 11.5 Å². The van der Waals surface area contributed by atoms with E-state index in [1.165, 1.54) is 19.4 Å². The second-order valence-corrected chi connectivity index (χ2v) is 9.33. The first-order valence-corrected chi connectivity index (χ1v) is 11.7. The van der Waals surface area contributed by atoms with E-state index in [0.29, 0.717) is 43.5 Å². The summed E-state index contributed by atoms with van der Waals surface area (Å²) in [6.45, 7) is 2.20. The Balaban J connectivity index is 1.45. The third-order valence-electron chi connectivity index (χ3n) is 6.84. The molecule has 34 heavy (non-hydrogen) atoms. The fourth-order valence-electron chi connectivity index (χ4n) is 4.87. The number of halogens is 2. The Morgan fingerprint density at radius 2 is 2.06 bits per heavy atom. The minimum atomic E-state index is -0.638. The first-order valence-electron chi connectivity index (χ1n) is 11.3. The molecule has 0 radical (unpaired) electrons. The molecule has 2 heterocycles. The lowest BCUT2D eigenvalue weighted by Gasteiger charge is -2.44. The summed E-state index contributed by atoms with van der Waals surface area (Å²) < 4.78 is 13.9. The third kappa shape index (κ3) is 4.42. The van der Waals surface area contributed by atoms with E-state index in [1.807, 2.05) is 0 Å². The van der Waals surface area contributed by atoms with Gasteiger partial charge in [-0.1, -0.05) is 11.6 Å². The predicted octanol–water partition coefficient (Wildman–Crippen LogP) is 4.35. The molecule has 8 nitrogen and oxygen atoms in total. The summed E-state index contributed by atoms with van der Waals surface area (Å²) in [4.78, 5) is 49.9. The molecule has 1 saturated heterocycles. The van der Waals surface area contributed by atoms with Crippen LogP contribution in [0.1, 0.15) is 65.1 Å². The fraction of sp³-hybridized carbons (Fsp3) is 0.458. The smallest absolute Gasteiger partial charge is 0.354 e. The predicted molar refractivity (Wildman–Crippen MR) is 126 cm³/mol. The second-order valence-electron chi connectivity index (χ2n) is 8.92. The highest BCUT2D eigenvalue weighted by molar-refractivity contribution is 6.34. The molecule has 0 atom stereocenters. The van der Waals surface area contributed by atoms with E-state index in [2.05, 4.69) is 26.2 Å². The van der Waals surface area contributed by atoms with Crippen LogP contribution in [0.2, 0.25) is 5.02 Å². The van der Waals surface area contributed by atoms with Gasteiger partial charge in [-0.05, 0) is 63.1 Å². The Labute approximate surface area is 201 Å². The van der Waals surface area contributed by atoms with E-state index in [9.17, 15) is 18.8 Å². The van der Waals surface area contributed by atoms with Gasteiger partial charge in [0.15, 0.2) is 0 Å². The van der Waals surface area contributed by atoms with Crippen molar-refractivity contribution in [1.82, 2.24) is 15.3 Å². The van der Waals surface area contributed by atoms with Crippen molar-refractivity contribution < 1.29 is 18.8 Å². The molecule has 0 unspecified atom stereocenters. The number of hydrogen-bond acceptors (Lipinski definition) is 4. The number of nitrogens with one attached hydrogen (secondary N) is 2. The van der Waals surface area contributed by atoms with Crippen LogP contribution in [-0.2, 0) is 4.79 Å². The van der Waals surface area contributed by atoms with Gasteiger partial charge in [-0.3, -0.25) is 9.59 Å². The Morgan fingerprint density at radius 3 is 2.76 bits per heavy atom. The third-order valence-corrected chi connectivity index (χ3v) is 7.14. The molecule has 10 heteroatoms. The topological polar surface area (TPSA) is 99.5 Å². The summed E-state index contributed by atoms with van der Waals surface area (Å²) in [5.41, 5.74) is 0.506. The first kappa shape index (κ1) is 23.9. The number of imidazole rings is 1. The molecular formula is C24H26ClFN5O3+. The number of benzene rings is 1. The number of carbonyl (C=O) groups is 3. The Morgan fingerprint density at radius 1 is 1.32 bits per heavy atom. The normalized spacial score (nSPS) is 22.3. The number of rotatable bonds is 3. The monoisotopic (exact) mass is 486 g/mol. The molecule has 2 aromatic rings. The van der Waals surface area contributed by atoms with Gasteiger partial charge in [-0.25, -0.2) is 9.37 Å². The van der Waals surface area contributed by atoms with Crippen LogP contribution in [0.15, 0.2) is 18.5 Å². The number of aromatic nitrogens is 2. The molecule has 2 aliphatic rings. The van der Waals surface area contributed by atoms with Crippen LogP contribution >= 0.6 is 11.6 Å². The molecule has 1 aliphatic heterocycles. The summed E-state index contributed by atoms with van der Waals surface area (Å²) in [6, 6.07) is 5.79. The van der Waals surface area contributed by atoms with E-state index in [4.69, 9.17) is 11.6 Å². The molecule has 1 saturated carbocycles. The first-order chi connectivity index (χ1) is 16.3. The highest BCUT2D eigenvalue weighted by Crippen LogP contribution is 2.47. The Hall–Kier alpha value is -3.25. The molecule has 2 N–H and O–H groups in total. The zero-order valence-corrected chi connectivity index (χ0v) is 19.8. The number of anilines is 1. The summed E-state index contributed by atoms with van der Waals surface area (Å²) >= 11 is 6.28. The quantitative estimate of drug-likeness (QED) is 0.673. The van der Waals surface area contributed by atoms with Crippen molar-refractivity contribution >= 4 is 35.0 Å². The SMILES string of the molecule is CNC(=O)c1[nH]cnc1C(=O)[N+]#CC1CCC2(CCCN(c3cc(C)c(F)cc3Cl)C2=O)CC1. The largest absolute Gasteiger partial charge is 0.568 e. The zero-order chi connectivity index (χ0) is 24.5. The lowest BCUT2D eigenvalue weighted by atomic mass is 9.66. The number of amides is 3. The summed E-state index contributed by atoms with van der Waals surface area (Å²) in [7, 11) is 1.46. The van der Waals surface area contributed by atoms with Crippen molar-refractivity contribution in [3.63, 3.8) is 0 Å². The molecule has 178 valence electrons.